The van der Waals surface area contributed by atoms with Crippen LogP contribution >= 0.6 is 11.6 Å². The topological polar surface area (TPSA) is 126 Å². The van der Waals surface area contributed by atoms with Gasteiger partial charge in [0.2, 0.25) is 11.9 Å². The van der Waals surface area contributed by atoms with Crippen LogP contribution in [0.25, 0.3) is 11.3 Å². The van der Waals surface area contributed by atoms with Gasteiger partial charge in [-0.15, -0.1) is 0 Å². The predicted molar refractivity (Wildman–Crippen MR) is 150 cm³/mol. The van der Waals surface area contributed by atoms with Crippen LogP contribution in [0.4, 0.5) is 10.3 Å². The Morgan fingerprint density at radius 2 is 2.07 bits per heavy atom. The SMILES string of the molecule is CCOc1cc(F)cc(C(CO)NC(=O)CN2Cc3ccc(-c4nc(NC5CCOCC5)ncc4Cl)cc3C2=O)c1. The molecule has 2 aromatic carbocycles. The number of aliphatic hydroxyl groups is 1. The Labute approximate surface area is 241 Å². The summed E-state index contributed by atoms with van der Waals surface area (Å²) in [5, 5.41) is 16.2. The summed E-state index contributed by atoms with van der Waals surface area (Å²) >= 11 is 6.44. The summed E-state index contributed by atoms with van der Waals surface area (Å²) in [5.74, 6) is -0.601. The minimum atomic E-state index is -0.868. The lowest BCUT2D eigenvalue weighted by molar-refractivity contribution is -0.122. The van der Waals surface area contributed by atoms with E-state index in [1.165, 1.54) is 23.2 Å². The second-order valence-electron chi connectivity index (χ2n) is 9.91. The maximum atomic E-state index is 14.1. The van der Waals surface area contributed by atoms with Crippen molar-refractivity contribution in [3.8, 4) is 17.0 Å². The minimum Gasteiger partial charge on any atom is -0.494 e. The summed E-state index contributed by atoms with van der Waals surface area (Å²) in [6.07, 6.45) is 3.24. The first kappa shape index (κ1) is 28.7. The number of nitrogens with zero attached hydrogens (tertiary/aromatic N) is 3. The van der Waals surface area contributed by atoms with E-state index in [1.54, 1.807) is 19.1 Å². The summed E-state index contributed by atoms with van der Waals surface area (Å²) in [7, 11) is 0. The van der Waals surface area contributed by atoms with E-state index in [9.17, 15) is 19.1 Å². The minimum absolute atomic E-state index is 0.206. The molecule has 2 aliphatic heterocycles. The highest BCUT2D eigenvalue weighted by Gasteiger charge is 2.30. The molecule has 0 saturated carbocycles. The lowest BCUT2D eigenvalue weighted by Gasteiger charge is -2.23. The molecule has 1 unspecified atom stereocenters. The van der Waals surface area contributed by atoms with E-state index in [1.807, 2.05) is 12.1 Å². The largest absolute Gasteiger partial charge is 0.494 e. The molecule has 1 atom stereocenters. The molecule has 216 valence electrons. The third-order valence-electron chi connectivity index (χ3n) is 7.02. The number of aromatic nitrogens is 2. The van der Waals surface area contributed by atoms with Gasteiger partial charge in [0.15, 0.2) is 0 Å². The number of aliphatic hydroxyl groups excluding tert-OH is 1. The van der Waals surface area contributed by atoms with Crippen molar-refractivity contribution in [3.05, 3.63) is 70.1 Å². The molecule has 2 amide bonds. The third-order valence-corrected chi connectivity index (χ3v) is 7.30. The second kappa shape index (κ2) is 12.8. The van der Waals surface area contributed by atoms with Gasteiger partial charge in [-0.3, -0.25) is 9.59 Å². The van der Waals surface area contributed by atoms with E-state index in [0.717, 1.165) is 18.4 Å². The Hall–Kier alpha value is -3.80. The number of anilines is 1. The number of ether oxygens (including phenoxy) is 2. The van der Waals surface area contributed by atoms with Gasteiger partial charge >= 0.3 is 0 Å². The summed E-state index contributed by atoms with van der Waals surface area (Å²) in [5.41, 5.74) is 2.73. The van der Waals surface area contributed by atoms with Gasteiger partial charge in [0.05, 0.1) is 36.2 Å². The lowest BCUT2D eigenvalue weighted by atomic mass is 10.0. The highest BCUT2D eigenvalue weighted by molar-refractivity contribution is 6.33. The molecule has 3 heterocycles. The number of fused-ring (bicyclic) bond motifs is 1. The second-order valence-corrected chi connectivity index (χ2v) is 10.3. The molecular weight excluding hydrogens is 553 g/mol. The van der Waals surface area contributed by atoms with Crippen LogP contribution in [0, 0.1) is 5.82 Å². The van der Waals surface area contributed by atoms with Crippen molar-refractivity contribution in [1.29, 1.82) is 0 Å². The van der Waals surface area contributed by atoms with Crippen LogP contribution in [-0.4, -0.2) is 70.8 Å². The Kier molecular flexibility index (Phi) is 8.96. The van der Waals surface area contributed by atoms with E-state index in [-0.39, 0.29) is 25.0 Å². The average Bonchev–Trinajstić information content (AvgIpc) is 3.27. The summed E-state index contributed by atoms with van der Waals surface area (Å²) < 4.78 is 24.8. The van der Waals surface area contributed by atoms with Gasteiger partial charge in [-0.05, 0) is 49.1 Å². The molecule has 41 heavy (non-hydrogen) atoms. The molecule has 2 aliphatic rings. The number of hydrogen-bond donors (Lipinski definition) is 3. The Balaban J connectivity index is 1.27. The standard InChI is InChI=1S/C29H31ClFN5O5/c1-2-41-22-10-19(9-20(31)12-22)25(16-37)34-26(38)15-36-14-18-4-3-17(11-23(18)28(36)39)27-24(30)13-32-29(35-27)33-21-5-7-40-8-6-21/h3-4,9-13,21,25,37H,2,5-8,14-16H2,1H3,(H,34,38)(H,32,33,35). The fraction of sp³-hybridized carbons (Fsp3) is 0.379. The monoisotopic (exact) mass is 583 g/mol. The lowest BCUT2D eigenvalue weighted by Crippen LogP contribution is -2.40. The van der Waals surface area contributed by atoms with E-state index in [4.69, 9.17) is 21.1 Å². The highest BCUT2D eigenvalue weighted by atomic mass is 35.5. The summed E-state index contributed by atoms with van der Waals surface area (Å²) in [6.45, 7) is 3.03. The van der Waals surface area contributed by atoms with Crippen LogP contribution in [0.1, 0.15) is 47.3 Å². The molecular formula is C29H31ClFN5O5. The summed E-state index contributed by atoms with van der Waals surface area (Å²) in [4.78, 5) is 36.5. The quantitative estimate of drug-likeness (QED) is 0.330. The van der Waals surface area contributed by atoms with Gasteiger partial charge in [-0.25, -0.2) is 14.4 Å². The number of amides is 2. The smallest absolute Gasteiger partial charge is 0.254 e. The van der Waals surface area contributed by atoms with Crippen LogP contribution in [0.3, 0.4) is 0 Å². The third kappa shape index (κ3) is 6.75. The molecule has 0 bridgehead atoms. The first-order valence-corrected chi connectivity index (χ1v) is 13.8. The van der Waals surface area contributed by atoms with E-state index < -0.39 is 24.4 Å². The van der Waals surface area contributed by atoms with Gasteiger partial charge in [-0.1, -0.05) is 23.7 Å². The molecule has 0 spiro atoms. The predicted octanol–water partition coefficient (Wildman–Crippen LogP) is 3.73. The molecule has 1 saturated heterocycles. The zero-order chi connectivity index (χ0) is 28.9. The van der Waals surface area contributed by atoms with Crippen molar-refractivity contribution < 1.29 is 28.6 Å². The van der Waals surface area contributed by atoms with Gasteiger partial charge in [0.25, 0.3) is 5.91 Å². The number of benzene rings is 2. The van der Waals surface area contributed by atoms with Crippen LogP contribution in [-0.2, 0) is 16.1 Å². The van der Waals surface area contributed by atoms with Crippen molar-refractivity contribution in [2.45, 2.75) is 38.4 Å². The number of carbonyl (C=O) groups excluding carboxylic acids is 2. The Bertz CT molecular complexity index is 1430. The molecule has 5 rings (SSSR count). The molecule has 0 radical (unpaired) electrons. The van der Waals surface area contributed by atoms with Crippen molar-refractivity contribution in [1.82, 2.24) is 20.2 Å². The molecule has 1 aromatic heterocycles. The van der Waals surface area contributed by atoms with Crippen molar-refractivity contribution in [2.75, 3.05) is 38.3 Å². The first-order valence-electron chi connectivity index (χ1n) is 13.5. The van der Waals surface area contributed by atoms with Gasteiger partial charge < -0.3 is 30.1 Å². The van der Waals surface area contributed by atoms with E-state index >= 15 is 0 Å². The van der Waals surface area contributed by atoms with Crippen LogP contribution in [0.5, 0.6) is 5.75 Å². The number of rotatable bonds is 10. The molecule has 0 aliphatic carbocycles. The van der Waals surface area contributed by atoms with Crippen molar-refractivity contribution in [3.63, 3.8) is 0 Å². The van der Waals surface area contributed by atoms with Gasteiger partial charge in [-0.2, -0.15) is 0 Å². The first-order chi connectivity index (χ1) is 19.8. The molecule has 3 N–H and O–H groups in total. The van der Waals surface area contributed by atoms with Gasteiger partial charge in [0.1, 0.15) is 18.1 Å². The van der Waals surface area contributed by atoms with Crippen LogP contribution in [0.2, 0.25) is 5.02 Å². The fourth-order valence-corrected chi connectivity index (χ4v) is 5.18. The van der Waals surface area contributed by atoms with Crippen molar-refractivity contribution >= 4 is 29.4 Å². The number of hydrogen-bond acceptors (Lipinski definition) is 8. The van der Waals surface area contributed by atoms with Gasteiger partial charge in [0, 0.05) is 43.0 Å². The Morgan fingerprint density at radius 1 is 1.27 bits per heavy atom. The zero-order valence-electron chi connectivity index (χ0n) is 22.5. The summed E-state index contributed by atoms with van der Waals surface area (Å²) in [6, 6.07) is 8.74. The van der Waals surface area contributed by atoms with Crippen molar-refractivity contribution in [2.24, 2.45) is 0 Å². The zero-order valence-corrected chi connectivity index (χ0v) is 23.3. The normalized spacial score (nSPS) is 15.9. The molecule has 10 nitrogen and oxygen atoms in total. The molecule has 3 aromatic rings. The van der Waals surface area contributed by atoms with E-state index in [2.05, 4.69) is 20.6 Å². The Morgan fingerprint density at radius 3 is 2.83 bits per heavy atom. The number of nitrogens with one attached hydrogen (secondary N) is 2. The van der Waals surface area contributed by atoms with Crippen LogP contribution in [0.15, 0.2) is 42.6 Å². The molecule has 1 fully saturated rings. The maximum absolute atomic E-state index is 14.1. The number of carbonyl (C=O) groups is 2. The molecule has 12 heteroatoms. The maximum Gasteiger partial charge on any atom is 0.254 e. The highest BCUT2D eigenvalue weighted by Crippen LogP contribution is 2.32. The number of halogens is 2. The van der Waals surface area contributed by atoms with E-state index in [0.29, 0.717) is 58.9 Å². The fourth-order valence-electron chi connectivity index (χ4n) is 4.98. The average molecular weight is 584 g/mol. The van der Waals surface area contributed by atoms with Crippen LogP contribution < -0.4 is 15.4 Å².